The zero-order chi connectivity index (χ0) is 39.0. The van der Waals surface area contributed by atoms with Crippen LogP contribution >= 0.6 is 0 Å². The van der Waals surface area contributed by atoms with Gasteiger partial charge < -0.3 is 30.6 Å². The lowest BCUT2D eigenvalue weighted by atomic mass is 9.83. The number of aliphatic imine (C=N–C) groups is 2. The molecule has 18 heteroatoms. The molecule has 0 radical (unpaired) electrons. The normalized spacial score (nSPS) is 12.9. The van der Waals surface area contributed by atoms with Crippen molar-refractivity contribution in [2.75, 3.05) is 26.3 Å². The summed E-state index contributed by atoms with van der Waals surface area (Å²) in [5, 5.41) is 69.3. The number of aryl methyl sites for hydroxylation is 2. The van der Waals surface area contributed by atoms with E-state index in [-0.39, 0.29) is 58.0 Å². The Hall–Kier alpha value is -4.72. The number of hydrogen-bond donors (Lipinski definition) is 8. The number of hydrogen-bond acceptors (Lipinski definition) is 14. The molecule has 0 aliphatic rings. The highest BCUT2D eigenvalue weighted by molar-refractivity contribution is 7.81. The summed E-state index contributed by atoms with van der Waals surface area (Å²) in [6, 6.07) is 3.29. The number of benzene rings is 4. The lowest BCUT2D eigenvalue weighted by molar-refractivity contribution is 0.275. The number of nitrogens with zero attached hydrogens (tertiary/aromatic N) is 2. The van der Waals surface area contributed by atoms with E-state index in [2.05, 4.69) is 18.4 Å². The van der Waals surface area contributed by atoms with Crippen molar-refractivity contribution in [2.24, 2.45) is 9.98 Å². The van der Waals surface area contributed by atoms with Gasteiger partial charge in [0.2, 0.25) is 0 Å². The van der Waals surface area contributed by atoms with Crippen LogP contribution in [-0.2, 0) is 29.2 Å². The molecule has 0 amide bonds. The lowest BCUT2D eigenvalue weighted by Crippen LogP contribution is -2.07. The monoisotopic (exact) mass is 764 g/mol. The second kappa shape index (κ2) is 15.1. The Morgan fingerprint density at radius 3 is 1.21 bits per heavy atom. The maximum Gasteiger partial charge on any atom is 0.397 e. The van der Waals surface area contributed by atoms with Crippen LogP contribution in [0.15, 0.2) is 22.1 Å². The fraction of sp³-hybridized carbons (Fsp3) is 0.353. The van der Waals surface area contributed by atoms with Gasteiger partial charge in [-0.2, -0.15) is 16.8 Å². The first-order chi connectivity index (χ1) is 24.1. The number of fused-ring (bicyclic) bond motifs is 2. The van der Waals surface area contributed by atoms with Crippen LogP contribution in [-0.4, -0.2) is 95.3 Å². The zero-order valence-corrected chi connectivity index (χ0v) is 30.7. The van der Waals surface area contributed by atoms with E-state index in [9.17, 15) is 47.5 Å². The molecule has 0 saturated heterocycles. The fourth-order valence-electron chi connectivity index (χ4n) is 6.33. The first-order valence-electron chi connectivity index (χ1n) is 15.8. The van der Waals surface area contributed by atoms with E-state index in [4.69, 9.17) is 9.11 Å². The molecule has 0 aliphatic heterocycles. The fourth-order valence-corrected chi connectivity index (χ4v) is 6.90. The average Bonchev–Trinajstić information content (AvgIpc) is 3.00. The van der Waals surface area contributed by atoms with E-state index >= 15 is 0 Å². The van der Waals surface area contributed by atoms with Gasteiger partial charge in [0, 0.05) is 56.6 Å². The topological polar surface area (TPSA) is 273 Å². The molecule has 0 saturated carbocycles. The Kier molecular flexibility index (Phi) is 11.6. The first kappa shape index (κ1) is 40.1. The van der Waals surface area contributed by atoms with Gasteiger partial charge in [-0.1, -0.05) is 39.8 Å². The molecule has 4 aromatic rings. The summed E-state index contributed by atoms with van der Waals surface area (Å²) in [5.74, 6) is -3.84. The second-order valence-electron chi connectivity index (χ2n) is 12.6. The predicted octanol–water partition coefficient (Wildman–Crippen LogP) is 5.23. The molecule has 0 fully saturated rings. The summed E-state index contributed by atoms with van der Waals surface area (Å²) in [5.41, 5.74) is 1.32. The standard InChI is InChI=1S/C34H40N2O14S2/c1-15(2)23-19-11-17(5)25(31(39)27(19)21(29(37)33(23)41)13-35-7-9-49-51(43,44)45)26-18(6)12-20-24(16(3)4)34(42)30(38)22(28(20)32(26)40)14-36-8-10-50-52(46,47)48/h11-16,37-42H,7-10H2,1-6H3,(H,43,44,45)(H,46,47,48). The van der Waals surface area contributed by atoms with Crippen LogP contribution in [0, 0.1) is 13.8 Å². The molecule has 0 unspecified atom stereocenters. The number of aromatic hydroxyl groups is 6. The highest BCUT2D eigenvalue weighted by Crippen LogP contribution is 2.54. The van der Waals surface area contributed by atoms with E-state index in [0.29, 0.717) is 33.0 Å². The third-order valence-corrected chi connectivity index (χ3v) is 9.26. The summed E-state index contributed by atoms with van der Waals surface area (Å²) < 4.78 is 70.0. The number of phenols is 6. The van der Waals surface area contributed by atoms with Crippen molar-refractivity contribution in [1.29, 1.82) is 0 Å². The first-order valence-corrected chi connectivity index (χ1v) is 18.5. The Labute approximate surface area is 299 Å². The molecule has 0 heterocycles. The Morgan fingerprint density at radius 1 is 0.596 bits per heavy atom. The lowest BCUT2D eigenvalue weighted by Gasteiger charge is -2.23. The van der Waals surface area contributed by atoms with Crippen molar-refractivity contribution in [2.45, 2.75) is 53.4 Å². The molecule has 282 valence electrons. The van der Waals surface area contributed by atoms with Gasteiger partial charge in [-0.3, -0.25) is 19.1 Å². The molecule has 4 rings (SSSR count). The smallest absolute Gasteiger partial charge is 0.397 e. The third kappa shape index (κ3) is 8.01. The minimum Gasteiger partial charge on any atom is -0.507 e. The third-order valence-electron chi connectivity index (χ3n) is 8.34. The average molecular weight is 765 g/mol. The quantitative estimate of drug-likeness (QED) is 0.0375. The largest absolute Gasteiger partial charge is 0.507 e. The highest BCUT2D eigenvalue weighted by atomic mass is 32.3. The molecule has 4 aromatic carbocycles. The minimum atomic E-state index is -4.74. The van der Waals surface area contributed by atoms with Crippen molar-refractivity contribution < 1.29 is 64.9 Å². The van der Waals surface area contributed by atoms with Gasteiger partial charge in [0.1, 0.15) is 11.5 Å². The van der Waals surface area contributed by atoms with Crippen LogP contribution in [0.1, 0.15) is 72.9 Å². The Bertz CT molecular complexity index is 2190. The van der Waals surface area contributed by atoms with Gasteiger partial charge in [-0.25, -0.2) is 8.37 Å². The summed E-state index contributed by atoms with van der Waals surface area (Å²) in [7, 11) is -9.47. The number of phenolic OH excluding ortho intramolecular Hbond substituents is 6. The molecular weight excluding hydrogens is 725 g/mol. The van der Waals surface area contributed by atoms with Crippen molar-refractivity contribution in [3.63, 3.8) is 0 Å². The van der Waals surface area contributed by atoms with Gasteiger partial charge in [0.15, 0.2) is 23.0 Å². The van der Waals surface area contributed by atoms with Crippen molar-refractivity contribution in [1.82, 2.24) is 0 Å². The maximum absolute atomic E-state index is 12.1. The summed E-state index contributed by atoms with van der Waals surface area (Å²) in [6.45, 7) is 8.64. The molecule has 16 nitrogen and oxygen atoms in total. The van der Waals surface area contributed by atoms with E-state index in [0.717, 1.165) is 12.4 Å². The van der Waals surface area contributed by atoms with Crippen LogP contribution in [0.2, 0.25) is 0 Å². The van der Waals surface area contributed by atoms with Crippen LogP contribution in [0.4, 0.5) is 0 Å². The molecule has 8 N–H and O–H groups in total. The highest BCUT2D eigenvalue weighted by Gasteiger charge is 2.29. The summed E-state index contributed by atoms with van der Waals surface area (Å²) in [6.07, 6.45) is 2.19. The van der Waals surface area contributed by atoms with E-state index in [1.54, 1.807) is 53.7 Å². The van der Waals surface area contributed by atoms with Gasteiger partial charge >= 0.3 is 20.8 Å². The van der Waals surface area contributed by atoms with Gasteiger partial charge in [0.25, 0.3) is 0 Å². The SMILES string of the molecule is Cc1cc2c(C(C)C)c(O)c(O)c(C=NCCOS(=O)(=O)O)c2c(O)c1-c1c(C)cc2c(C(C)C)c(O)c(O)c(C=NCCOS(=O)(=O)O)c2c1O. The van der Waals surface area contributed by atoms with E-state index in [1.165, 1.54) is 0 Å². The molecule has 52 heavy (non-hydrogen) atoms. The van der Waals surface area contributed by atoms with E-state index < -0.39 is 68.5 Å². The van der Waals surface area contributed by atoms with Crippen molar-refractivity contribution in [3.05, 3.63) is 45.5 Å². The molecular formula is C34H40N2O14S2. The Balaban J connectivity index is 2.09. The maximum atomic E-state index is 12.1. The predicted molar refractivity (Wildman–Crippen MR) is 194 cm³/mol. The molecule has 0 spiro atoms. The summed E-state index contributed by atoms with van der Waals surface area (Å²) >= 11 is 0. The van der Waals surface area contributed by atoms with Gasteiger partial charge in [0.05, 0.1) is 26.3 Å². The van der Waals surface area contributed by atoms with Gasteiger partial charge in [-0.15, -0.1) is 0 Å². The minimum absolute atomic E-state index is 0.0231. The van der Waals surface area contributed by atoms with Crippen LogP contribution < -0.4 is 0 Å². The second-order valence-corrected chi connectivity index (χ2v) is 14.8. The zero-order valence-electron chi connectivity index (χ0n) is 29.0. The van der Waals surface area contributed by atoms with Gasteiger partial charge in [-0.05, 0) is 47.6 Å². The molecule has 0 atom stereocenters. The van der Waals surface area contributed by atoms with Crippen LogP contribution in [0.25, 0.3) is 32.7 Å². The Morgan fingerprint density at radius 2 is 0.923 bits per heavy atom. The molecule has 0 aliphatic carbocycles. The summed E-state index contributed by atoms with van der Waals surface area (Å²) in [4.78, 5) is 8.09. The molecule has 0 bridgehead atoms. The van der Waals surface area contributed by atoms with Crippen LogP contribution in [0.5, 0.6) is 34.5 Å². The molecule has 0 aromatic heterocycles. The van der Waals surface area contributed by atoms with E-state index in [1.807, 2.05) is 0 Å². The van der Waals surface area contributed by atoms with Crippen molar-refractivity contribution in [3.8, 4) is 45.6 Å². The van der Waals surface area contributed by atoms with Crippen LogP contribution in [0.3, 0.4) is 0 Å². The number of rotatable bonds is 13. The van der Waals surface area contributed by atoms with Crippen molar-refractivity contribution >= 4 is 54.8 Å².